The number of unbranched alkanes of at least 4 members (excludes halogenated alkanes) is 28. The summed E-state index contributed by atoms with van der Waals surface area (Å²) < 4.78 is 0. The Bertz CT molecular complexity index is 635. The Morgan fingerprint density at radius 2 is 0.571 bits per heavy atom. The van der Waals surface area contributed by atoms with Gasteiger partial charge in [0, 0.05) is 45.9 Å². The summed E-state index contributed by atoms with van der Waals surface area (Å²) in [5, 5.41) is 16.8. The molecule has 0 heterocycles. The highest BCUT2D eigenvalue weighted by Gasteiger charge is 2.02. The van der Waals surface area contributed by atoms with Gasteiger partial charge in [-0.05, 0) is 12.8 Å². The number of rotatable bonds is 38. The lowest BCUT2D eigenvalue weighted by molar-refractivity contribution is -0.134. The summed E-state index contributed by atoms with van der Waals surface area (Å²) in [7, 11) is 0. The maximum Gasteiger partial charge on any atom is 0.300 e. The highest BCUT2D eigenvalue weighted by Crippen LogP contribution is 2.15. The van der Waals surface area contributed by atoms with Gasteiger partial charge in [0.2, 0.25) is 11.8 Å². The predicted molar refractivity (Wildman–Crippen MR) is 211 cm³/mol. The van der Waals surface area contributed by atoms with E-state index < -0.39 is 5.97 Å². The van der Waals surface area contributed by atoms with Crippen molar-refractivity contribution < 1.29 is 19.5 Å². The van der Waals surface area contributed by atoms with E-state index in [4.69, 9.17) is 9.90 Å². The standard InChI is InChI=1S/C40H81N3O2.C2H4O2/c1-3-5-7-9-11-13-15-17-19-21-23-25-27-29-31-33-39(44)42-37-35-41-36-38-43-40(45)34-32-30-28-26-24-22-20-18-16-14-12-10-8-6-4-2;1-2(3)4/h41H,3-38H2,1-2H3,(H,42,44)(H,43,45);1H3,(H,3,4). The quantitative estimate of drug-likeness (QED) is 0.0481. The fourth-order valence-electron chi connectivity index (χ4n) is 6.20. The van der Waals surface area contributed by atoms with Gasteiger partial charge in [-0.1, -0.05) is 194 Å². The summed E-state index contributed by atoms with van der Waals surface area (Å²) in [5.41, 5.74) is 0. The fraction of sp³-hybridized carbons (Fsp3) is 0.929. The molecule has 0 aliphatic carbocycles. The van der Waals surface area contributed by atoms with E-state index in [9.17, 15) is 9.59 Å². The zero-order chi connectivity index (χ0) is 36.3. The Morgan fingerprint density at radius 1 is 0.367 bits per heavy atom. The topological polar surface area (TPSA) is 108 Å². The van der Waals surface area contributed by atoms with E-state index in [1.807, 2.05) is 0 Å². The maximum absolute atomic E-state index is 12.0. The Balaban J connectivity index is 0. The summed E-state index contributed by atoms with van der Waals surface area (Å²) in [6.07, 6.45) is 41.7. The number of carboxylic acid groups (broad SMARTS) is 1. The third kappa shape index (κ3) is 50.9. The largest absolute Gasteiger partial charge is 0.481 e. The van der Waals surface area contributed by atoms with Crippen molar-refractivity contribution in [1.82, 2.24) is 16.0 Å². The van der Waals surface area contributed by atoms with Gasteiger partial charge in [0.05, 0.1) is 0 Å². The molecule has 0 saturated carbocycles. The molecule has 0 unspecified atom stereocenters. The zero-order valence-corrected chi connectivity index (χ0v) is 33.1. The minimum Gasteiger partial charge on any atom is -0.481 e. The minimum atomic E-state index is -0.833. The maximum atomic E-state index is 12.0. The van der Waals surface area contributed by atoms with Crippen LogP contribution in [0.25, 0.3) is 0 Å². The van der Waals surface area contributed by atoms with Gasteiger partial charge in [-0.15, -0.1) is 0 Å². The van der Waals surface area contributed by atoms with Crippen LogP contribution < -0.4 is 16.0 Å². The molecule has 0 aliphatic heterocycles. The highest BCUT2D eigenvalue weighted by molar-refractivity contribution is 5.76. The normalized spacial score (nSPS) is 10.8. The fourth-order valence-corrected chi connectivity index (χ4v) is 6.20. The molecule has 2 amide bonds. The van der Waals surface area contributed by atoms with Crippen LogP contribution in [-0.2, 0) is 14.4 Å². The third-order valence-corrected chi connectivity index (χ3v) is 9.26. The molecule has 49 heavy (non-hydrogen) atoms. The Kier molecular flexibility index (Phi) is 44.8. The van der Waals surface area contributed by atoms with Gasteiger partial charge < -0.3 is 21.1 Å². The van der Waals surface area contributed by atoms with Crippen LogP contribution in [0.15, 0.2) is 0 Å². The first-order chi connectivity index (χ1) is 23.9. The van der Waals surface area contributed by atoms with Crippen molar-refractivity contribution in [3.63, 3.8) is 0 Å². The molecule has 0 atom stereocenters. The average Bonchev–Trinajstić information content (AvgIpc) is 3.07. The van der Waals surface area contributed by atoms with Crippen LogP contribution in [0.2, 0.25) is 0 Å². The molecule has 0 aromatic rings. The Labute approximate surface area is 305 Å². The van der Waals surface area contributed by atoms with Crippen molar-refractivity contribution in [1.29, 1.82) is 0 Å². The van der Waals surface area contributed by atoms with Crippen molar-refractivity contribution in [2.75, 3.05) is 26.2 Å². The van der Waals surface area contributed by atoms with Crippen LogP contribution >= 0.6 is 0 Å². The Hall–Kier alpha value is -1.63. The van der Waals surface area contributed by atoms with Gasteiger partial charge in [0.1, 0.15) is 0 Å². The van der Waals surface area contributed by atoms with Crippen molar-refractivity contribution in [2.24, 2.45) is 0 Å². The molecule has 0 saturated heterocycles. The molecule has 7 heteroatoms. The summed E-state index contributed by atoms with van der Waals surface area (Å²) in [6, 6.07) is 0. The molecule has 0 fully saturated rings. The highest BCUT2D eigenvalue weighted by atomic mass is 16.4. The lowest BCUT2D eigenvalue weighted by Gasteiger charge is -2.08. The number of hydrogen-bond donors (Lipinski definition) is 4. The SMILES string of the molecule is CC(=O)O.CCCCCCCCCCCCCCCCCC(=O)NCCNCCNC(=O)CCCCCCCCCCCCCCCCC. The molecule has 0 spiro atoms. The number of hydrogen-bond acceptors (Lipinski definition) is 4. The van der Waals surface area contributed by atoms with E-state index in [1.165, 1.54) is 180 Å². The third-order valence-electron chi connectivity index (χ3n) is 9.26. The van der Waals surface area contributed by atoms with Gasteiger partial charge in [-0.3, -0.25) is 14.4 Å². The lowest BCUT2D eigenvalue weighted by atomic mass is 10.0. The van der Waals surface area contributed by atoms with Gasteiger partial charge in [0.15, 0.2) is 0 Å². The molecular weight excluding hydrogens is 610 g/mol. The summed E-state index contributed by atoms with van der Waals surface area (Å²) >= 11 is 0. The predicted octanol–water partition coefficient (Wildman–Crippen LogP) is 11.4. The van der Waals surface area contributed by atoms with E-state index in [2.05, 4.69) is 29.8 Å². The van der Waals surface area contributed by atoms with E-state index in [0.29, 0.717) is 25.9 Å². The summed E-state index contributed by atoms with van der Waals surface area (Å²) in [4.78, 5) is 33.1. The first-order valence-electron chi connectivity index (χ1n) is 21.4. The second-order valence-electron chi connectivity index (χ2n) is 14.4. The summed E-state index contributed by atoms with van der Waals surface area (Å²) in [6.45, 7) is 8.46. The summed E-state index contributed by atoms with van der Waals surface area (Å²) in [5.74, 6) is -0.494. The Morgan fingerprint density at radius 3 is 0.796 bits per heavy atom. The zero-order valence-electron chi connectivity index (χ0n) is 33.1. The minimum absolute atomic E-state index is 0.170. The van der Waals surface area contributed by atoms with Crippen LogP contribution in [0, 0.1) is 0 Å². The number of carbonyl (C=O) groups is 3. The van der Waals surface area contributed by atoms with Crippen LogP contribution in [0.4, 0.5) is 0 Å². The van der Waals surface area contributed by atoms with Crippen molar-refractivity contribution in [3.05, 3.63) is 0 Å². The van der Waals surface area contributed by atoms with Crippen LogP contribution in [0.3, 0.4) is 0 Å². The second-order valence-corrected chi connectivity index (χ2v) is 14.4. The number of carbonyl (C=O) groups excluding carboxylic acids is 2. The van der Waals surface area contributed by atoms with E-state index in [1.54, 1.807) is 0 Å². The molecule has 0 bridgehead atoms. The first kappa shape index (κ1) is 49.5. The van der Waals surface area contributed by atoms with Gasteiger partial charge in [-0.2, -0.15) is 0 Å². The second kappa shape index (κ2) is 44.4. The molecule has 0 aliphatic rings. The number of nitrogens with one attached hydrogen (secondary N) is 3. The average molecular weight is 696 g/mol. The van der Waals surface area contributed by atoms with Gasteiger partial charge >= 0.3 is 0 Å². The van der Waals surface area contributed by atoms with Gasteiger partial charge in [0.25, 0.3) is 5.97 Å². The molecule has 292 valence electrons. The monoisotopic (exact) mass is 696 g/mol. The number of carboxylic acids is 1. The molecule has 0 aromatic heterocycles. The van der Waals surface area contributed by atoms with Crippen molar-refractivity contribution >= 4 is 17.8 Å². The van der Waals surface area contributed by atoms with Crippen molar-refractivity contribution in [2.45, 2.75) is 226 Å². The lowest BCUT2D eigenvalue weighted by Crippen LogP contribution is -2.36. The molecule has 0 radical (unpaired) electrons. The smallest absolute Gasteiger partial charge is 0.300 e. The first-order valence-corrected chi connectivity index (χ1v) is 21.4. The van der Waals surface area contributed by atoms with Crippen LogP contribution in [0.5, 0.6) is 0 Å². The molecular formula is C42H85N3O4. The molecule has 0 aromatic carbocycles. The van der Waals surface area contributed by atoms with Crippen LogP contribution in [-0.4, -0.2) is 49.1 Å². The van der Waals surface area contributed by atoms with E-state index in [0.717, 1.165) is 32.9 Å². The van der Waals surface area contributed by atoms with E-state index >= 15 is 0 Å². The van der Waals surface area contributed by atoms with Gasteiger partial charge in [-0.25, -0.2) is 0 Å². The van der Waals surface area contributed by atoms with Crippen LogP contribution in [0.1, 0.15) is 226 Å². The molecule has 0 rings (SSSR count). The number of amides is 2. The molecule has 4 N–H and O–H groups in total. The number of aliphatic carboxylic acids is 1. The van der Waals surface area contributed by atoms with E-state index in [-0.39, 0.29) is 11.8 Å². The van der Waals surface area contributed by atoms with Crippen molar-refractivity contribution in [3.8, 4) is 0 Å². The molecule has 7 nitrogen and oxygen atoms in total.